The van der Waals surface area contributed by atoms with Gasteiger partial charge in [0.15, 0.2) is 5.78 Å². The van der Waals surface area contributed by atoms with Crippen molar-refractivity contribution < 1.29 is 19.4 Å². The Kier molecular flexibility index (Phi) is 4.90. The third kappa shape index (κ3) is 3.39. The summed E-state index contributed by atoms with van der Waals surface area (Å²) in [5.74, 6) is 0.129. The van der Waals surface area contributed by atoms with Crippen molar-refractivity contribution in [1.82, 2.24) is 5.32 Å². The van der Waals surface area contributed by atoms with Gasteiger partial charge in [-0.15, -0.1) is 0 Å². The number of rotatable bonds is 3. The Labute approximate surface area is 160 Å². The van der Waals surface area contributed by atoms with E-state index >= 15 is 0 Å². The fourth-order valence-electron chi connectivity index (χ4n) is 3.04. The lowest BCUT2D eigenvalue weighted by atomic mass is 9.85. The van der Waals surface area contributed by atoms with E-state index in [1.807, 2.05) is 6.07 Å². The number of carbonyl (C=O) groups is 2. The molecule has 2 atom stereocenters. The Bertz CT molecular complexity index is 878. The van der Waals surface area contributed by atoms with E-state index in [0.717, 1.165) is 0 Å². The van der Waals surface area contributed by atoms with Gasteiger partial charge >= 0.3 is 0 Å². The van der Waals surface area contributed by atoms with Gasteiger partial charge < -0.3 is 15.2 Å². The summed E-state index contributed by atoms with van der Waals surface area (Å²) in [6.07, 6.45) is -0.983. The maximum Gasteiger partial charge on any atom is 0.253 e. The Balaban J connectivity index is 2.02. The summed E-state index contributed by atoms with van der Waals surface area (Å²) >= 11 is 3.37. The van der Waals surface area contributed by atoms with Gasteiger partial charge in [0.25, 0.3) is 5.91 Å². The predicted molar refractivity (Wildman–Crippen MR) is 102 cm³/mol. The van der Waals surface area contributed by atoms with Crippen molar-refractivity contribution in [2.45, 2.75) is 38.5 Å². The third-order valence-electron chi connectivity index (χ3n) is 4.56. The van der Waals surface area contributed by atoms with E-state index in [-0.39, 0.29) is 11.7 Å². The highest BCUT2D eigenvalue weighted by Crippen LogP contribution is 2.40. The van der Waals surface area contributed by atoms with E-state index in [0.29, 0.717) is 26.9 Å². The number of nitrogens with one attached hydrogen (secondary N) is 1. The minimum atomic E-state index is -0.983. The van der Waals surface area contributed by atoms with Crippen LogP contribution >= 0.6 is 15.9 Å². The first-order chi connectivity index (χ1) is 12.2. The number of aliphatic hydroxyl groups is 1. The molecule has 0 aliphatic carbocycles. The van der Waals surface area contributed by atoms with Crippen LogP contribution in [0, 0.1) is 0 Å². The van der Waals surface area contributed by atoms with E-state index in [1.165, 1.54) is 6.92 Å². The lowest BCUT2D eigenvalue weighted by molar-refractivity contribution is -0.0627. The van der Waals surface area contributed by atoms with Gasteiger partial charge in [-0.2, -0.15) is 0 Å². The number of hydrogen-bond donors (Lipinski definition) is 2. The van der Waals surface area contributed by atoms with Gasteiger partial charge in [-0.05, 0) is 67.0 Å². The highest BCUT2D eigenvalue weighted by molar-refractivity contribution is 9.10. The van der Waals surface area contributed by atoms with E-state index in [4.69, 9.17) is 4.74 Å². The number of benzene rings is 2. The lowest BCUT2D eigenvalue weighted by Gasteiger charge is -2.42. The number of ketones is 1. The Morgan fingerprint density at radius 2 is 1.88 bits per heavy atom. The van der Waals surface area contributed by atoms with Crippen molar-refractivity contribution in [3.63, 3.8) is 0 Å². The van der Waals surface area contributed by atoms with Crippen molar-refractivity contribution >= 4 is 27.6 Å². The van der Waals surface area contributed by atoms with Crippen LogP contribution < -0.4 is 10.1 Å². The highest BCUT2D eigenvalue weighted by Gasteiger charge is 2.43. The van der Waals surface area contributed by atoms with Crippen LogP contribution in [-0.2, 0) is 0 Å². The van der Waals surface area contributed by atoms with E-state index in [1.54, 1.807) is 50.2 Å². The van der Waals surface area contributed by atoms with Crippen LogP contribution in [0.3, 0.4) is 0 Å². The molecular formula is C20H20BrNO4. The molecule has 1 heterocycles. The number of ether oxygens (including phenoxy) is 1. The number of aliphatic hydroxyl groups excluding tert-OH is 1. The van der Waals surface area contributed by atoms with Gasteiger partial charge in [0, 0.05) is 15.6 Å². The number of amides is 1. The van der Waals surface area contributed by atoms with Crippen molar-refractivity contribution in [2.75, 3.05) is 0 Å². The molecule has 0 bridgehead atoms. The van der Waals surface area contributed by atoms with Crippen LogP contribution in [-0.4, -0.2) is 28.5 Å². The summed E-state index contributed by atoms with van der Waals surface area (Å²) in [4.78, 5) is 24.5. The van der Waals surface area contributed by atoms with Crippen molar-refractivity contribution in [2.24, 2.45) is 0 Å². The molecule has 0 spiro atoms. The molecule has 1 amide bonds. The van der Waals surface area contributed by atoms with Gasteiger partial charge in [-0.25, -0.2) is 0 Å². The quantitative estimate of drug-likeness (QED) is 0.747. The van der Waals surface area contributed by atoms with Crippen molar-refractivity contribution in [3.05, 3.63) is 63.6 Å². The second kappa shape index (κ2) is 6.85. The Morgan fingerprint density at radius 3 is 2.54 bits per heavy atom. The van der Waals surface area contributed by atoms with Crippen LogP contribution in [0.1, 0.15) is 53.1 Å². The molecule has 1 aliphatic rings. The predicted octanol–water partition coefficient (Wildman–Crippen LogP) is 3.65. The zero-order chi connectivity index (χ0) is 19.1. The third-order valence-corrected chi connectivity index (χ3v) is 5.25. The first-order valence-corrected chi connectivity index (χ1v) is 9.07. The van der Waals surface area contributed by atoms with Gasteiger partial charge in [0.05, 0.1) is 11.6 Å². The Hall–Kier alpha value is -2.18. The van der Waals surface area contributed by atoms with Gasteiger partial charge in [-0.3, -0.25) is 9.59 Å². The summed E-state index contributed by atoms with van der Waals surface area (Å²) < 4.78 is 6.55. The molecule has 2 aromatic rings. The van der Waals surface area contributed by atoms with Crippen LogP contribution in [0.4, 0.5) is 0 Å². The fraction of sp³-hybridized carbons (Fsp3) is 0.300. The molecule has 0 fully saturated rings. The molecule has 26 heavy (non-hydrogen) atoms. The highest BCUT2D eigenvalue weighted by atomic mass is 79.9. The van der Waals surface area contributed by atoms with Crippen LogP contribution in [0.2, 0.25) is 0 Å². The van der Waals surface area contributed by atoms with Crippen molar-refractivity contribution in [3.8, 4) is 5.75 Å². The number of hydrogen-bond acceptors (Lipinski definition) is 4. The second-order valence-corrected chi connectivity index (χ2v) is 7.74. The van der Waals surface area contributed by atoms with E-state index in [2.05, 4.69) is 21.2 Å². The van der Waals surface area contributed by atoms with E-state index in [9.17, 15) is 14.7 Å². The summed E-state index contributed by atoms with van der Waals surface area (Å²) in [6.45, 7) is 4.99. The van der Waals surface area contributed by atoms with Gasteiger partial charge in [0.1, 0.15) is 17.5 Å². The number of carbonyl (C=O) groups excluding carboxylic acids is 2. The van der Waals surface area contributed by atoms with E-state index < -0.39 is 17.7 Å². The first kappa shape index (κ1) is 18.6. The second-order valence-electron chi connectivity index (χ2n) is 6.89. The molecule has 0 radical (unpaired) electrons. The van der Waals surface area contributed by atoms with Crippen LogP contribution in [0.5, 0.6) is 5.75 Å². The molecule has 2 aromatic carbocycles. The summed E-state index contributed by atoms with van der Waals surface area (Å²) in [6, 6.07) is 11.4. The van der Waals surface area contributed by atoms with Crippen molar-refractivity contribution in [1.29, 1.82) is 0 Å². The van der Waals surface area contributed by atoms with Gasteiger partial charge in [-0.1, -0.05) is 12.1 Å². The smallest absolute Gasteiger partial charge is 0.253 e. The molecule has 0 saturated carbocycles. The molecule has 1 aliphatic heterocycles. The minimum Gasteiger partial charge on any atom is -0.485 e. The topological polar surface area (TPSA) is 75.6 Å². The van der Waals surface area contributed by atoms with Gasteiger partial charge in [0.2, 0.25) is 0 Å². The average Bonchev–Trinajstić information content (AvgIpc) is 2.58. The number of fused-ring (bicyclic) bond motifs is 1. The van der Waals surface area contributed by atoms with Crippen LogP contribution in [0.25, 0.3) is 0 Å². The average molecular weight is 418 g/mol. The lowest BCUT2D eigenvalue weighted by Crippen LogP contribution is -2.53. The zero-order valence-corrected chi connectivity index (χ0v) is 16.3. The zero-order valence-electron chi connectivity index (χ0n) is 14.7. The minimum absolute atomic E-state index is 0.0944. The summed E-state index contributed by atoms with van der Waals surface area (Å²) in [5, 5.41) is 13.7. The molecule has 2 N–H and O–H groups in total. The molecule has 0 unspecified atom stereocenters. The summed E-state index contributed by atoms with van der Waals surface area (Å²) in [7, 11) is 0. The monoisotopic (exact) mass is 417 g/mol. The largest absolute Gasteiger partial charge is 0.485 e. The maximum atomic E-state index is 12.8. The molecule has 136 valence electrons. The summed E-state index contributed by atoms with van der Waals surface area (Å²) in [5.41, 5.74) is 0.661. The first-order valence-electron chi connectivity index (χ1n) is 8.28. The number of Topliss-reactive ketones (excluding diaryl/α,β-unsaturated/α-hetero) is 1. The standard InChI is InChI=1S/C20H20BrNO4/c1-11(23)12-8-9-16-14(10-12)17(18(24)20(2,3)26-16)22-19(25)13-6-4-5-7-15(13)21/h4-10,17-18,24H,1-3H3,(H,22,25)/t17-,18+/m1/s1. The SMILES string of the molecule is CC(=O)c1ccc2c(c1)[C@@H](NC(=O)c1ccccc1Br)[C@H](O)C(C)(C)O2. The molecule has 5 nitrogen and oxygen atoms in total. The molecule has 0 saturated heterocycles. The Morgan fingerprint density at radius 1 is 1.19 bits per heavy atom. The number of halogens is 1. The molecule has 0 aromatic heterocycles. The molecule has 3 rings (SSSR count). The molecule has 6 heteroatoms. The normalized spacial score (nSPS) is 20.7. The van der Waals surface area contributed by atoms with Crippen LogP contribution in [0.15, 0.2) is 46.9 Å². The maximum absolute atomic E-state index is 12.8. The fourth-order valence-corrected chi connectivity index (χ4v) is 3.50. The molecular weight excluding hydrogens is 398 g/mol.